The van der Waals surface area contributed by atoms with Crippen molar-refractivity contribution in [1.82, 2.24) is 4.98 Å². The van der Waals surface area contributed by atoms with E-state index in [9.17, 15) is 9.59 Å². The Balaban J connectivity index is 1.55. The zero-order valence-corrected chi connectivity index (χ0v) is 17.6. The number of carbonyl (C=O) groups is 2. The molecule has 0 spiro atoms. The van der Waals surface area contributed by atoms with Crippen LogP contribution in [0.4, 0.5) is 21.3 Å². The monoisotopic (exact) mass is 426 g/mol. The van der Waals surface area contributed by atoms with Crippen LogP contribution in [-0.2, 0) is 11.2 Å². The molecule has 8 nitrogen and oxygen atoms in total. The number of rotatable bonds is 7. The summed E-state index contributed by atoms with van der Waals surface area (Å²) in [6.07, 6.45) is 0.0624. The third kappa shape index (κ3) is 5.71. The van der Waals surface area contributed by atoms with Crippen LogP contribution in [0.3, 0.4) is 0 Å². The third-order valence-electron chi connectivity index (χ3n) is 4.11. The number of thiazole rings is 1. The van der Waals surface area contributed by atoms with Gasteiger partial charge in [0.15, 0.2) is 5.13 Å². The topological polar surface area (TPSA) is 102 Å². The van der Waals surface area contributed by atoms with E-state index in [0.29, 0.717) is 33.7 Å². The predicted molar refractivity (Wildman–Crippen MR) is 118 cm³/mol. The van der Waals surface area contributed by atoms with Gasteiger partial charge < -0.3 is 20.1 Å². The Labute approximate surface area is 178 Å². The molecule has 3 amide bonds. The summed E-state index contributed by atoms with van der Waals surface area (Å²) in [5.41, 5.74) is 2.88. The maximum absolute atomic E-state index is 12.4. The molecule has 1 aromatic heterocycles. The quantitative estimate of drug-likeness (QED) is 0.523. The molecular formula is C21H22N4O4S. The van der Waals surface area contributed by atoms with E-state index >= 15 is 0 Å². The van der Waals surface area contributed by atoms with Crippen LogP contribution in [0.15, 0.2) is 47.8 Å². The number of benzene rings is 2. The molecular weight excluding hydrogens is 404 g/mol. The maximum atomic E-state index is 12.4. The van der Waals surface area contributed by atoms with Gasteiger partial charge in [0.05, 0.1) is 32.0 Å². The summed E-state index contributed by atoms with van der Waals surface area (Å²) in [7, 11) is 3.08. The molecule has 0 radical (unpaired) electrons. The molecule has 156 valence electrons. The molecule has 2 aromatic carbocycles. The Bertz CT molecular complexity index is 1030. The molecule has 0 aliphatic heterocycles. The summed E-state index contributed by atoms with van der Waals surface area (Å²) < 4.78 is 10.4. The molecule has 0 aliphatic carbocycles. The zero-order valence-electron chi connectivity index (χ0n) is 16.8. The molecule has 0 saturated carbocycles. The van der Waals surface area contributed by atoms with Crippen LogP contribution in [0.5, 0.6) is 11.5 Å². The van der Waals surface area contributed by atoms with Crippen molar-refractivity contribution in [1.29, 1.82) is 0 Å². The number of carbonyl (C=O) groups excluding carboxylic acids is 2. The van der Waals surface area contributed by atoms with Crippen LogP contribution in [0.1, 0.15) is 11.3 Å². The van der Waals surface area contributed by atoms with E-state index in [1.54, 1.807) is 30.7 Å². The van der Waals surface area contributed by atoms with Crippen molar-refractivity contribution < 1.29 is 19.1 Å². The molecule has 3 rings (SSSR count). The third-order valence-corrected chi connectivity index (χ3v) is 4.91. The van der Waals surface area contributed by atoms with Crippen molar-refractivity contribution in [3.63, 3.8) is 0 Å². The van der Waals surface area contributed by atoms with Crippen molar-refractivity contribution in [2.24, 2.45) is 0 Å². The second-order valence-electron chi connectivity index (χ2n) is 6.38. The van der Waals surface area contributed by atoms with Crippen LogP contribution in [0.25, 0.3) is 0 Å². The van der Waals surface area contributed by atoms with Gasteiger partial charge in [-0.3, -0.25) is 10.1 Å². The second-order valence-corrected chi connectivity index (χ2v) is 7.24. The molecule has 0 bridgehead atoms. The number of aryl methyl sites for hydroxylation is 1. The average Bonchev–Trinajstić information content (AvgIpc) is 3.16. The van der Waals surface area contributed by atoms with Gasteiger partial charge in [-0.2, -0.15) is 0 Å². The highest BCUT2D eigenvalue weighted by molar-refractivity contribution is 7.14. The van der Waals surface area contributed by atoms with Gasteiger partial charge >= 0.3 is 6.03 Å². The molecule has 1 heterocycles. The standard InChI is InChI=1S/C21H22N4O4S/c1-13-4-6-14(7-5-13)22-20(27)25-21-23-15(12-30-21)10-19(26)24-17-9-8-16(28-2)11-18(17)29-3/h4-9,11-12H,10H2,1-3H3,(H,24,26)(H2,22,23,25,27). The molecule has 0 aliphatic rings. The minimum absolute atomic E-state index is 0.0624. The highest BCUT2D eigenvalue weighted by Gasteiger charge is 2.13. The predicted octanol–water partition coefficient (Wildman–Crippen LogP) is 4.29. The van der Waals surface area contributed by atoms with Gasteiger partial charge in [-0.25, -0.2) is 9.78 Å². The molecule has 0 atom stereocenters. The number of hydrogen-bond donors (Lipinski definition) is 3. The van der Waals surface area contributed by atoms with Crippen molar-refractivity contribution in [3.05, 3.63) is 59.1 Å². The van der Waals surface area contributed by atoms with Gasteiger partial charge in [-0.15, -0.1) is 11.3 Å². The lowest BCUT2D eigenvalue weighted by molar-refractivity contribution is -0.115. The largest absolute Gasteiger partial charge is 0.497 e. The lowest BCUT2D eigenvalue weighted by Gasteiger charge is -2.11. The first-order chi connectivity index (χ1) is 14.5. The highest BCUT2D eigenvalue weighted by Crippen LogP contribution is 2.29. The summed E-state index contributed by atoms with van der Waals surface area (Å²) in [5.74, 6) is 0.875. The summed E-state index contributed by atoms with van der Waals surface area (Å²) in [4.78, 5) is 28.8. The summed E-state index contributed by atoms with van der Waals surface area (Å²) in [6, 6.07) is 12.2. The van der Waals surface area contributed by atoms with E-state index in [1.807, 2.05) is 31.2 Å². The van der Waals surface area contributed by atoms with Gasteiger partial charge in [0, 0.05) is 17.1 Å². The van der Waals surface area contributed by atoms with E-state index < -0.39 is 6.03 Å². The number of amides is 3. The van der Waals surface area contributed by atoms with Crippen LogP contribution in [0.2, 0.25) is 0 Å². The second kappa shape index (κ2) is 9.75. The van der Waals surface area contributed by atoms with Gasteiger partial charge in [0.2, 0.25) is 5.91 Å². The number of aromatic nitrogens is 1. The van der Waals surface area contributed by atoms with E-state index in [-0.39, 0.29) is 12.3 Å². The Morgan fingerprint density at radius 2 is 1.77 bits per heavy atom. The van der Waals surface area contributed by atoms with Crippen molar-refractivity contribution in [2.45, 2.75) is 13.3 Å². The van der Waals surface area contributed by atoms with Gasteiger partial charge in [-0.1, -0.05) is 17.7 Å². The summed E-state index contributed by atoms with van der Waals surface area (Å²) >= 11 is 1.25. The van der Waals surface area contributed by atoms with E-state index in [1.165, 1.54) is 18.4 Å². The molecule has 0 unspecified atom stereocenters. The number of hydrogen-bond acceptors (Lipinski definition) is 6. The number of anilines is 3. The van der Waals surface area contributed by atoms with E-state index in [4.69, 9.17) is 9.47 Å². The fraction of sp³-hybridized carbons (Fsp3) is 0.190. The summed E-state index contributed by atoms with van der Waals surface area (Å²) in [5, 5.41) is 10.3. The van der Waals surface area contributed by atoms with Crippen LogP contribution >= 0.6 is 11.3 Å². The van der Waals surface area contributed by atoms with Gasteiger partial charge in [0.25, 0.3) is 0 Å². The molecule has 9 heteroatoms. The lowest BCUT2D eigenvalue weighted by atomic mass is 10.2. The molecule has 30 heavy (non-hydrogen) atoms. The first-order valence-electron chi connectivity index (χ1n) is 9.08. The van der Waals surface area contributed by atoms with Crippen molar-refractivity contribution >= 4 is 39.8 Å². The minimum Gasteiger partial charge on any atom is -0.497 e. The Kier molecular flexibility index (Phi) is 6.87. The number of urea groups is 1. The molecule has 0 saturated heterocycles. The SMILES string of the molecule is COc1ccc(NC(=O)Cc2csc(NC(=O)Nc3ccc(C)cc3)n2)c(OC)c1. The zero-order chi connectivity index (χ0) is 21.5. The summed E-state index contributed by atoms with van der Waals surface area (Å²) in [6.45, 7) is 1.97. The van der Waals surface area contributed by atoms with Gasteiger partial charge in [-0.05, 0) is 31.2 Å². The number of ether oxygens (including phenoxy) is 2. The van der Waals surface area contributed by atoms with Crippen molar-refractivity contribution in [2.75, 3.05) is 30.2 Å². The van der Waals surface area contributed by atoms with Gasteiger partial charge in [0.1, 0.15) is 11.5 Å². The Morgan fingerprint density at radius 3 is 2.47 bits per heavy atom. The lowest BCUT2D eigenvalue weighted by Crippen LogP contribution is -2.19. The van der Waals surface area contributed by atoms with Crippen LogP contribution < -0.4 is 25.4 Å². The van der Waals surface area contributed by atoms with Crippen molar-refractivity contribution in [3.8, 4) is 11.5 Å². The smallest absolute Gasteiger partial charge is 0.325 e. The maximum Gasteiger partial charge on any atom is 0.325 e. The van der Waals surface area contributed by atoms with E-state index in [2.05, 4.69) is 20.9 Å². The normalized spacial score (nSPS) is 10.2. The Hall–Kier alpha value is -3.59. The highest BCUT2D eigenvalue weighted by atomic mass is 32.1. The number of nitrogens with one attached hydrogen (secondary N) is 3. The average molecular weight is 426 g/mol. The minimum atomic E-state index is -0.396. The number of methoxy groups -OCH3 is 2. The fourth-order valence-corrected chi connectivity index (χ4v) is 3.31. The first kappa shape index (κ1) is 21.1. The van der Waals surface area contributed by atoms with E-state index in [0.717, 1.165) is 5.56 Å². The molecule has 3 N–H and O–H groups in total. The van der Waals surface area contributed by atoms with Crippen LogP contribution in [-0.4, -0.2) is 31.1 Å². The molecule has 3 aromatic rings. The Morgan fingerprint density at radius 1 is 1.00 bits per heavy atom. The molecule has 0 fully saturated rings. The number of nitrogens with zero attached hydrogens (tertiary/aromatic N) is 1. The van der Waals surface area contributed by atoms with Crippen LogP contribution in [0, 0.1) is 6.92 Å². The first-order valence-corrected chi connectivity index (χ1v) is 9.95. The fourth-order valence-electron chi connectivity index (χ4n) is 2.60.